The van der Waals surface area contributed by atoms with Gasteiger partial charge in [0.1, 0.15) is 6.10 Å². The number of ether oxygens (including phenoxy) is 1. The number of carbonyl (C=O) groups is 2. The molecular formula is C38H65NO6S. The van der Waals surface area contributed by atoms with E-state index in [1.54, 1.807) is 7.05 Å². The van der Waals surface area contributed by atoms with Crippen molar-refractivity contribution in [2.24, 2.45) is 56.2 Å². The van der Waals surface area contributed by atoms with Crippen molar-refractivity contribution >= 4 is 22.0 Å². The van der Waals surface area contributed by atoms with Crippen molar-refractivity contribution in [1.82, 2.24) is 4.31 Å². The number of carbonyl (C=O) groups excluding carboxylic acids is 1. The molecule has 0 aliphatic heterocycles. The van der Waals surface area contributed by atoms with E-state index in [0.29, 0.717) is 29.2 Å². The van der Waals surface area contributed by atoms with Gasteiger partial charge in [-0.3, -0.25) is 9.59 Å². The summed E-state index contributed by atoms with van der Waals surface area (Å²) in [6.07, 6.45) is 16.9. The van der Waals surface area contributed by atoms with Crippen molar-refractivity contribution in [3.05, 3.63) is 0 Å². The van der Waals surface area contributed by atoms with Gasteiger partial charge in [-0.25, -0.2) is 12.7 Å². The van der Waals surface area contributed by atoms with Crippen molar-refractivity contribution < 1.29 is 27.9 Å². The molecule has 0 aromatic heterocycles. The normalized spacial score (nSPS) is 42.0. The molecule has 5 aliphatic rings. The Morgan fingerprint density at radius 1 is 0.848 bits per heavy atom. The van der Waals surface area contributed by atoms with E-state index in [1.807, 2.05) is 13.8 Å². The van der Waals surface area contributed by atoms with E-state index in [2.05, 4.69) is 34.6 Å². The van der Waals surface area contributed by atoms with Gasteiger partial charge in [0.15, 0.2) is 0 Å². The molecule has 5 rings (SSSR count). The number of sulfonamides is 1. The van der Waals surface area contributed by atoms with Crippen LogP contribution in [0.2, 0.25) is 0 Å². The zero-order valence-electron chi connectivity index (χ0n) is 30.5. The third kappa shape index (κ3) is 6.00. The number of hydrogen-bond donors (Lipinski definition) is 1. The molecular weight excluding hydrogens is 598 g/mol. The van der Waals surface area contributed by atoms with Crippen LogP contribution in [0, 0.1) is 56.2 Å². The number of fused-ring (bicyclic) bond motifs is 7. The number of nitrogens with zero attached hydrogens (tertiary/aromatic N) is 1. The molecule has 5 saturated carbocycles. The van der Waals surface area contributed by atoms with Crippen LogP contribution in [0.1, 0.15) is 145 Å². The van der Waals surface area contributed by atoms with E-state index >= 15 is 0 Å². The summed E-state index contributed by atoms with van der Waals surface area (Å²) in [6.45, 7) is 16.9. The molecule has 46 heavy (non-hydrogen) atoms. The molecule has 0 amide bonds. The lowest BCUT2D eigenvalue weighted by Gasteiger charge is -2.72. The van der Waals surface area contributed by atoms with Gasteiger partial charge in [-0.2, -0.15) is 0 Å². The summed E-state index contributed by atoms with van der Waals surface area (Å²) in [4.78, 5) is 24.5. The van der Waals surface area contributed by atoms with Crippen molar-refractivity contribution in [3.8, 4) is 0 Å². The van der Waals surface area contributed by atoms with Crippen LogP contribution in [0.3, 0.4) is 0 Å². The van der Waals surface area contributed by atoms with Gasteiger partial charge in [0.25, 0.3) is 0 Å². The third-order valence-electron chi connectivity index (χ3n) is 15.7. The molecule has 8 heteroatoms. The molecule has 0 radical (unpaired) electrons. The lowest BCUT2D eigenvalue weighted by atomic mass is 9.32. The van der Waals surface area contributed by atoms with Gasteiger partial charge in [0.05, 0.1) is 19.1 Å². The molecule has 9 atom stereocenters. The summed E-state index contributed by atoms with van der Waals surface area (Å²) in [7, 11) is -1.42. The number of aliphatic carboxylic acids is 1. The van der Waals surface area contributed by atoms with E-state index in [1.165, 1.54) is 68.3 Å². The molecule has 0 aromatic carbocycles. The number of carboxylic acid groups (broad SMARTS) is 1. The predicted octanol–water partition coefficient (Wildman–Crippen LogP) is 8.32. The topological polar surface area (TPSA) is 101 Å². The van der Waals surface area contributed by atoms with Gasteiger partial charge in [0.2, 0.25) is 10.0 Å². The van der Waals surface area contributed by atoms with E-state index < -0.39 is 21.4 Å². The first-order valence-electron chi connectivity index (χ1n) is 18.4. The summed E-state index contributed by atoms with van der Waals surface area (Å²) < 4.78 is 31.8. The molecule has 0 heterocycles. The van der Waals surface area contributed by atoms with Crippen LogP contribution < -0.4 is 0 Å². The van der Waals surface area contributed by atoms with Crippen LogP contribution in [0.25, 0.3) is 0 Å². The maximum absolute atomic E-state index is 13.1. The molecule has 2 unspecified atom stereocenters. The fourth-order valence-corrected chi connectivity index (χ4v) is 13.7. The first kappa shape index (κ1) is 36.1. The summed E-state index contributed by atoms with van der Waals surface area (Å²) >= 11 is 0. The zero-order chi connectivity index (χ0) is 34.1. The SMILES string of the molecule is CN(CCC[C@]12CCC[C@@H]1[C@H]1CCC3[C@@]4(C)CC[C@H](OC(=O)CC(C)(C)CC(=O)O)C(C)(C)C4CC[C@@]3(C)[C@]1(C)CC2)S(C)(=O)=O. The molecule has 5 aliphatic carbocycles. The Balaban J connectivity index is 1.31. The summed E-state index contributed by atoms with van der Waals surface area (Å²) in [5.41, 5.74) is 0.430. The summed E-state index contributed by atoms with van der Waals surface area (Å²) in [5.74, 6) is 1.51. The average Bonchev–Trinajstić information content (AvgIpc) is 3.33. The Morgan fingerprint density at radius 2 is 1.54 bits per heavy atom. The van der Waals surface area contributed by atoms with Crippen LogP contribution >= 0.6 is 0 Å². The van der Waals surface area contributed by atoms with Gasteiger partial charge in [-0.05, 0) is 128 Å². The highest BCUT2D eigenvalue weighted by Gasteiger charge is 2.70. The number of hydrogen-bond acceptors (Lipinski definition) is 5. The lowest BCUT2D eigenvalue weighted by molar-refractivity contribution is -0.249. The average molecular weight is 664 g/mol. The molecule has 0 aromatic rings. The molecule has 5 fully saturated rings. The van der Waals surface area contributed by atoms with E-state index in [4.69, 9.17) is 4.74 Å². The number of carboxylic acids is 1. The Labute approximate surface area is 280 Å². The molecule has 0 saturated heterocycles. The predicted molar refractivity (Wildman–Crippen MR) is 183 cm³/mol. The van der Waals surface area contributed by atoms with Gasteiger partial charge >= 0.3 is 11.9 Å². The second kappa shape index (κ2) is 12.0. The maximum atomic E-state index is 13.1. The van der Waals surface area contributed by atoms with Gasteiger partial charge in [-0.1, -0.05) is 54.9 Å². The van der Waals surface area contributed by atoms with E-state index in [0.717, 1.165) is 37.5 Å². The van der Waals surface area contributed by atoms with Gasteiger partial charge in [-0.15, -0.1) is 0 Å². The third-order valence-corrected chi connectivity index (χ3v) is 17.0. The van der Waals surface area contributed by atoms with Crippen LogP contribution in [0.4, 0.5) is 0 Å². The van der Waals surface area contributed by atoms with Crippen molar-refractivity contribution in [3.63, 3.8) is 0 Å². The molecule has 7 nitrogen and oxygen atoms in total. The van der Waals surface area contributed by atoms with Crippen LogP contribution in [0.5, 0.6) is 0 Å². The minimum absolute atomic E-state index is 0.0423. The summed E-state index contributed by atoms with van der Waals surface area (Å²) in [6, 6.07) is 0. The largest absolute Gasteiger partial charge is 0.481 e. The molecule has 0 bridgehead atoms. The first-order chi connectivity index (χ1) is 21.1. The quantitative estimate of drug-likeness (QED) is 0.236. The van der Waals surface area contributed by atoms with Crippen molar-refractivity contribution in [2.45, 2.75) is 151 Å². The van der Waals surface area contributed by atoms with Crippen molar-refractivity contribution in [1.29, 1.82) is 0 Å². The molecule has 1 N–H and O–H groups in total. The summed E-state index contributed by atoms with van der Waals surface area (Å²) in [5, 5.41) is 9.29. The second-order valence-electron chi connectivity index (χ2n) is 19.0. The molecule has 0 spiro atoms. The van der Waals surface area contributed by atoms with Crippen LogP contribution in [-0.2, 0) is 24.3 Å². The standard InChI is InChI=1S/C38H65NO6S/c1-33(2,24-31(40)41)25-32(42)45-30-16-19-35(5)28(34(30,3)4)15-20-37(7)29(35)14-13-26-27-12-10-17-38(27,22-21-36(26,37)6)18-11-23-39(8)46(9,43)44/h26-30H,10-25H2,1-9H3,(H,40,41)/t26-,27-,28?,29?,30+,35+,36-,37-,38+/m1/s1. The zero-order valence-corrected chi connectivity index (χ0v) is 31.4. The lowest BCUT2D eigenvalue weighted by Crippen LogP contribution is -2.66. The number of rotatable bonds is 10. The van der Waals surface area contributed by atoms with Gasteiger partial charge in [0, 0.05) is 19.0 Å². The van der Waals surface area contributed by atoms with E-state index in [9.17, 15) is 23.1 Å². The Kier molecular flexibility index (Phi) is 9.44. The Hall–Kier alpha value is -1.15. The van der Waals surface area contributed by atoms with E-state index in [-0.39, 0.29) is 41.2 Å². The fraction of sp³-hybridized carbons (Fsp3) is 0.947. The monoisotopic (exact) mass is 663 g/mol. The highest BCUT2D eigenvalue weighted by atomic mass is 32.2. The fourth-order valence-electron chi connectivity index (χ4n) is 13.2. The highest BCUT2D eigenvalue weighted by Crippen LogP contribution is 2.77. The second-order valence-corrected chi connectivity index (χ2v) is 21.1. The Morgan fingerprint density at radius 3 is 2.20 bits per heavy atom. The Bertz CT molecular complexity index is 1290. The maximum Gasteiger partial charge on any atom is 0.306 e. The van der Waals surface area contributed by atoms with Gasteiger partial charge < -0.3 is 9.84 Å². The first-order valence-corrected chi connectivity index (χ1v) is 20.3. The number of esters is 1. The molecule has 264 valence electrons. The van der Waals surface area contributed by atoms with Crippen molar-refractivity contribution in [2.75, 3.05) is 19.8 Å². The van der Waals surface area contributed by atoms with Crippen LogP contribution in [-0.4, -0.2) is 55.7 Å². The minimum atomic E-state index is -3.14. The minimum Gasteiger partial charge on any atom is -0.481 e. The van der Waals surface area contributed by atoms with Crippen LogP contribution in [0.15, 0.2) is 0 Å². The smallest absolute Gasteiger partial charge is 0.306 e. The highest BCUT2D eigenvalue weighted by molar-refractivity contribution is 7.88.